The van der Waals surface area contributed by atoms with Crippen molar-refractivity contribution in [3.05, 3.63) is 24.2 Å². The van der Waals surface area contributed by atoms with Crippen molar-refractivity contribution in [2.24, 2.45) is 0 Å². The Morgan fingerprint density at radius 3 is 3.17 bits per heavy atom. The lowest BCUT2D eigenvalue weighted by atomic mass is 10.2. The van der Waals surface area contributed by atoms with Crippen LogP contribution in [-0.4, -0.2) is 26.7 Å². The molecule has 0 spiro atoms. The normalized spacial score (nSPS) is 19.2. The molecule has 0 aliphatic carbocycles. The molecule has 2 aromatic heterocycles. The summed E-state index contributed by atoms with van der Waals surface area (Å²) in [5.74, 6) is 1.52. The summed E-state index contributed by atoms with van der Waals surface area (Å²) >= 11 is 0. The maximum Gasteiger partial charge on any atom is 0.220 e. The van der Waals surface area contributed by atoms with Gasteiger partial charge in [0.15, 0.2) is 5.82 Å². The highest BCUT2D eigenvalue weighted by atomic mass is 16.5. The molecule has 3 rings (SSSR count). The van der Waals surface area contributed by atoms with E-state index in [1.165, 1.54) is 0 Å². The van der Waals surface area contributed by atoms with Gasteiger partial charge in [0.1, 0.15) is 0 Å². The van der Waals surface area contributed by atoms with E-state index in [9.17, 15) is 4.79 Å². The van der Waals surface area contributed by atoms with Crippen LogP contribution < -0.4 is 5.32 Å². The van der Waals surface area contributed by atoms with Gasteiger partial charge in [-0.25, -0.2) is 4.98 Å². The summed E-state index contributed by atoms with van der Waals surface area (Å²) in [6.07, 6.45) is 5.09. The Bertz CT molecular complexity index is 572. The van der Waals surface area contributed by atoms with Crippen LogP contribution in [0, 0.1) is 6.92 Å². The lowest BCUT2D eigenvalue weighted by Gasteiger charge is -2.12. The number of carbonyl (C=O) groups is 1. The second kappa shape index (κ2) is 4.29. The number of amides is 1. The molecule has 18 heavy (non-hydrogen) atoms. The summed E-state index contributed by atoms with van der Waals surface area (Å²) in [5.41, 5.74) is 0.828. The second-order valence-corrected chi connectivity index (χ2v) is 4.54. The molecule has 0 saturated carbocycles. The molecule has 3 heterocycles. The largest absolute Gasteiger partial charge is 0.353 e. The average Bonchev–Trinajstić information content (AvgIpc) is 3.01. The molecular formula is C12H14N4O2. The van der Waals surface area contributed by atoms with E-state index in [0.717, 1.165) is 17.9 Å². The molecule has 6 heteroatoms. The van der Waals surface area contributed by atoms with Gasteiger partial charge in [0.25, 0.3) is 0 Å². The van der Waals surface area contributed by atoms with Gasteiger partial charge in [0.2, 0.25) is 11.7 Å². The number of aryl methyl sites for hydroxylation is 1. The Labute approximate surface area is 104 Å². The quantitative estimate of drug-likeness (QED) is 0.881. The summed E-state index contributed by atoms with van der Waals surface area (Å²) in [6, 6.07) is 2.03. The first-order valence-corrected chi connectivity index (χ1v) is 5.96. The topological polar surface area (TPSA) is 73.0 Å². The van der Waals surface area contributed by atoms with Gasteiger partial charge >= 0.3 is 0 Å². The van der Waals surface area contributed by atoms with Gasteiger partial charge in [-0.3, -0.25) is 4.79 Å². The molecule has 1 unspecified atom stereocenters. The number of carbonyl (C=O) groups excluding carboxylic acids is 1. The molecule has 0 aromatic carbocycles. The maximum absolute atomic E-state index is 11.2. The molecule has 1 fully saturated rings. The Kier molecular flexibility index (Phi) is 2.62. The molecule has 1 aliphatic rings. The van der Waals surface area contributed by atoms with Crippen LogP contribution in [-0.2, 0) is 11.3 Å². The van der Waals surface area contributed by atoms with Crippen LogP contribution in [0.2, 0.25) is 0 Å². The van der Waals surface area contributed by atoms with Crippen LogP contribution in [0.5, 0.6) is 0 Å². The van der Waals surface area contributed by atoms with Gasteiger partial charge in [0, 0.05) is 37.5 Å². The third kappa shape index (κ3) is 2.01. The first-order chi connectivity index (χ1) is 8.72. The number of imidazole rings is 1. The lowest BCUT2D eigenvalue weighted by molar-refractivity contribution is -0.119. The Hall–Kier alpha value is -2.11. The molecule has 2 aromatic rings. The van der Waals surface area contributed by atoms with Crippen LogP contribution in [0.1, 0.15) is 18.5 Å². The van der Waals surface area contributed by atoms with E-state index in [1.807, 2.05) is 23.8 Å². The minimum absolute atomic E-state index is 0.122. The fourth-order valence-corrected chi connectivity index (χ4v) is 2.20. The molecule has 1 amide bonds. The van der Waals surface area contributed by atoms with E-state index in [1.54, 1.807) is 6.20 Å². The third-order valence-electron chi connectivity index (χ3n) is 3.07. The second-order valence-electron chi connectivity index (χ2n) is 4.54. The summed E-state index contributed by atoms with van der Waals surface area (Å²) in [4.78, 5) is 15.5. The predicted molar refractivity (Wildman–Crippen MR) is 63.6 cm³/mol. The molecule has 1 saturated heterocycles. The van der Waals surface area contributed by atoms with Crippen molar-refractivity contribution >= 4 is 5.91 Å². The Morgan fingerprint density at radius 1 is 1.61 bits per heavy atom. The SMILES string of the molecule is Cc1cc(-c2nccn2CC2CCC(=O)N2)on1. The van der Waals surface area contributed by atoms with Crippen molar-refractivity contribution in [2.75, 3.05) is 0 Å². The fourth-order valence-electron chi connectivity index (χ4n) is 2.20. The molecule has 1 aliphatic heterocycles. The highest BCUT2D eigenvalue weighted by Crippen LogP contribution is 2.19. The fraction of sp³-hybridized carbons (Fsp3) is 0.417. The van der Waals surface area contributed by atoms with Gasteiger partial charge in [-0.1, -0.05) is 5.16 Å². The summed E-state index contributed by atoms with van der Waals surface area (Å²) in [6.45, 7) is 2.58. The Balaban J connectivity index is 1.81. The van der Waals surface area contributed by atoms with E-state index >= 15 is 0 Å². The standard InChI is InChI=1S/C12H14N4O2/c1-8-6-10(18-15-8)12-13-4-5-16(12)7-9-2-3-11(17)14-9/h4-6,9H,2-3,7H2,1H3,(H,14,17). The van der Waals surface area contributed by atoms with Gasteiger partial charge < -0.3 is 14.4 Å². The zero-order valence-corrected chi connectivity index (χ0v) is 10.1. The zero-order valence-electron chi connectivity index (χ0n) is 10.1. The minimum atomic E-state index is 0.122. The predicted octanol–water partition coefficient (Wildman–Crippen LogP) is 1.13. The molecule has 1 N–H and O–H groups in total. The molecule has 0 radical (unpaired) electrons. The van der Waals surface area contributed by atoms with Crippen molar-refractivity contribution < 1.29 is 9.32 Å². The summed E-state index contributed by atoms with van der Waals surface area (Å²) in [7, 11) is 0. The minimum Gasteiger partial charge on any atom is -0.353 e. The van der Waals surface area contributed by atoms with E-state index in [2.05, 4.69) is 15.5 Å². The molecule has 0 bridgehead atoms. The Morgan fingerprint density at radius 2 is 2.50 bits per heavy atom. The molecule has 1 atom stereocenters. The van der Waals surface area contributed by atoms with E-state index in [-0.39, 0.29) is 11.9 Å². The highest BCUT2D eigenvalue weighted by molar-refractivity contribution is 5.78. The van der Waals surface area contributed by atoms with Crippen LogP contribution in [0.3, 0.4) is 0 Å². The van der Waals surface area contributed by atoms with Crippen molar-refractivity contribution in [3.63, 3.8) is 0 Å². The smallest absolute Gasteiger partial charge is 0.220 e. The van der Waals surface area contributed by atoms with Crippen molar-refractivity contribution in [1.29, 1.82) is 0 Å². The van der Waals surface area contributed by atoms with E-state index in [4.69, 9.17) is 4.52 Å². The van der Waals surface area contributed by atoms with Crippen LogP contribution in [0.15, 0.2) is 23.0 Å². The van der Waals surface area contributed by atoms with Crippen LogP contribution in [0.4, 0.5) is 0 Å². The first kappa shape index (κ1) is 11.0. The summed E-state index contributed by atoms with van der Waals surface area (Å²) < 4.78 is 7.20. The molecule has 94 valence electrons. The molecule has 6 nitrogen and oxygen atoms in total. The lowest BCUT2D eigenvalue weighted by Crippen LogP contribution is -2.29. The third-order valence-corrected chi connectivity index (χ3v) is 3.07. The van der Waals surface area contributed by atoms with Crippen LogP contribution >= 0.6 is 0 Å². The number of aromatic nitrogens is 3. The number of nitrogens with one attached hydrogen (secondary N) is 1. The van der Waals surface area contributed by atoms with Gasteiger partial charge in [-0.15, -0.1) is 0 Å². The van der Waals surface area contributed by atoms with Crippen molar-refractivity contribution in [2.45, 2.75) is 32.4 Å². The monoisotopic (exact) mass is 246 g/mol. The first-order valence-electron chi connectivity index (χ1n) is 5.96. The number of nitrogens with zero attached hydrogens (tertiary/aromatic N) is 3. The van der Waals surface area contributed by atoms with E-state index < -0.39 is 0 Å². The summed E-state index contributed by atoms with van der Waals surface area (Å²) in [5, 5.41) is 6.80. The number of hydrogen-bond acceptors (Lipinski definition) is 4. The molecular weight excluding hydrogens is 232 g/mol. The maximum atomic E-state index is 11.2. The van der Waals surface area contributed by atoms with E-state index in [0.29, 0.717) is 18.7 Å². The highest BCUT2D eigenvalue weighted by Gasteiger charge is 2.22. The average molecular weight is 246 g/mol. The van der Waals surface area contributed by atoms with Gasteiger partial charge in [-0.2, -0.15) is 0 Å². The number of hydrogen-bond donors (Lipinski definition) is 1. The number of rotatable bonds is 3. The van der Waals surface area contributed by atoms with Crippen LogP contribution in [0.25, 0.3) is 11.6 Å². The zero-order chi connectivity index (χ0) is 12.5. The van der Waals surface area contributed by atoms with Gasteiger partial charge in [-0.05, 0) is 13.3 Å². The van der Waals surface area contributed by atoms with Crippen molar-refractivity contribution in [1.82, 2.24) is 20.0 Å². The van der Waals surface area contributed by atoms with Crippen molar-refractivity contribution in [3.8, 4) is 11.6 Å². The van der Waals surface area contributed by atoms with Gasteiger partial charge in [0.05, 0.1) is 5.69 Å².